The van der Waals surface area contributed by atoms with Gasteiger partial charge in [0.1, 0.15) is 0 Å². The maximum Gasteiger partial charge on any atom is 0.255 e. The van der Waals surface area contributed by atoms with E-state index in [1.807, 2.05) is 18.2 Å². The normalized spacial score (nSPS) is 16.0. The van der Waals surface area contributed by atoms with Crippen LogP contribution in [0.4, 0.5) is 0 Å². The van der Waals surface area contributed by atoms with Crippen molar-refractivity contribution >= 4 is 31.9 Å². The minimum atomic E-state index is -3.38. The zero-order valence-electron chi connectivity index (χ0n) is 13.5. The third-order valence-corrected chi connectivity index (χ3v) is 6.35. The lowest BCUT2D eigenvalue weighted by atomic mass is 10.2. The van der Waals surface area contributed by atoms with Gasteiger partial charge in [-0.05, 0) is 27.6 Å². The first-order valence-corrected chi connectivity index (χ1v) is 10.3. The number of benzene rings is 1. The molecule has 1 aliphatic heterocycles. The van der Waals surface area contributed by atoms with Gasteiger partial charge in [0, 0.05) is 43.0 Å². The summed E-state index contributed by atoms with van der Waals surface area (Å²) in [7, 11) is -3.38. The number of hydrogen-bond acceptors (Lipinski definition) is 4. The van der Waals surface area contributed by atoms with Gasteiger partial charge in [-0.3, -0.25) is 9.78 Å². The van der Waals surface area contributed by atoms with Gasteiger partial charge < -0.3 is 4.90 Å². The van der Waals surface area contributed by atoms with Crippen molar-refractivity contribution in [3.8, 4) is 0 Å². The molecule has 0 radical (unpaired) electrons. The molecule has 0 saturated carbocycles. The summed E-state index contributed by atoms with van der Waals surface area (Å²) in [6, 6.07) is 10.8. The molecule has 1 amide bonds. The maximum atomic E-state index is 12.6. The molecular weight excluding hydrogens is 406 g/mol. The number of hydrogen-bond donors (Lipinski definition) is 0. The molecule has 2 heterocycles. The summed E-state index contributed by atoms with van der Waals surface area (Å²) in [5, 5.41) is 0. The van der Waals surface area contributed by atoms with Crippen LogP contribution in [0.15, 0.2) is 53.3 Å². The van der Waals surface area contributed by atoms with Gasteiger partial charge in [0.15, 0.2) is 0 Å². The van der Waals surface area contributed by atoms with Crippen molar-refractivity contribution in [1.29, 1.82) is 0 Å². The van der Waals surface area contributed by atoms with Crippen molar-refractivity contribution in [2.24, 2.45) is 0 Å². The number of rotatable bonds is 4. The summed E-state index contributed by atoms with van der Waals surface area (Å²) in [6.07, 6.45) is 3.14. The Kier molecular flexibility index (Phi) is 5.51. The Hall–Kier alpha value is -1.77. The highest BCUT2D eigenvalue weighted by molar-refractivity contribution is 9.10. The number of carbonyl (C=O) groups is 1. The van der Waals surface area contributed by atoms with Crippen LogP contribution in [0.1, 0.15) is 15.9 Å². The molecule has 25 heavy (non-hydrogen) atoms. The SMILES string of the molecule is O=C(c1cncc(Br)c1)N1CCN(S(=O)(=O)Cc2ccccc2)CC1. The number of pyridine rings is 1. The van der Waals surface area contributed by atoms with Crippen LogP contribution < -0.4 is 0 Å². The van der Waals surface area contributed by atoms with Crippen LogP contribution in [0.3, 0.4) is 0 Å². The molecule has 0 unspecified atom stereocenters. The Balaban J connectivity index is 1.62. The molecule has 6 nitrogen and oxygen atoms in total. The van der Waals surface area contributed by atoms with E-state index in [4.69, 9.17) is 0 Å². The van der Waals surface area contributed by atoms with E-state index in [0.717, 1.165) is 10.0 Å². The minimum Gasteiger partial charge on any atom is -0.336 e. The fraction of sp³-hybridized carbons (Fsp3) is 0.294. The summed E-state index contributed by atoms with van der Waals surface area (Å²) >= 11 is 3.30. The number of nitrogens with zero attached hydrogens (tertiary/aromatic N) is 3. The third kappa shape index (κ3) is 4.45. The predicted molar refractivity (Wildman–Crippen MR) is 98.5 cm³/mol. The fourth-order valence-electron chi connectivity index (χ4n) is 2.76. The van der Waals surface area contributed by atoms with E-state index in [1.165, 1.54) is 10.5 Å². The molecule has 1 aromatic heterocycles. The van der Waals surface area contributed by atoms with Crippen LogP contribution >= 0.6 is 15.9 Å². The monoisotopic (exact) mass is 423 g/mol. The second kappa shape index (κ2) is 7.63. The van der Waals surface area contributed by atoms with Crippen LogP contribution in [0.2, 0.25) is 0 Å². The smallest absolute Gasteiger partial charge is 0.255 e. The molecule has 1 aromatic carbocycles. The van der Waals surface area contributed by atoms with Crippen LogP contribution in [0.5, 0.6) is 0 Å². The van der Waals surface area contributed by atoms with Gasteiger partial charge in [-0.25, -0.2) is 8.42 Å². The third-order valence-electron chi connectivity index (χ3n) is 4.06. The zero-order chi connectivity index (χ0) is 17.9. The van der Waals surface area contributed by atoms with Crippen molar-refractivity contribution < 1.29 is 13.2 Å². The van der Waals surface area contributed by atoms with Gasteiger partial charge >= 0.3 is 0 Å². The van der Waals surface area contributed by atoms with Gasteiger partial charge in [-0.15, -0.1) is 0 Å². The van der Waals surface area contributed by atoms with Crippen molar-refractivity contribution in [2.75, 3.05) is 26.2 Å². The fourth-order valence-corrected chi connectivity index (χ4v) is 4.64. The molecule has 0 bridgehead atoms. The average molecular weight is 424 g/mol. The largest absolute Gasteiger partial charge is 0.336 e. The van der Waals surface area contributed by atoms with Crippen molar-refractivity contribution in [3.63, 3.8) is 0 Å². The molecule has 8 heteroatoms. The van der Waals surface area contributed by atoms with Gasteiger partial charge in [-0.2, -0.15) is 4.31 Å². The molecule has 2 aromatic rings. The first-order chi connectivity index (χ1) is 12.0. The lowest BCUT2D eigenvalue weighted by Gasteiger charge is -2.34. The molecule has 0 aliphatic carbocycles. The molecule has 132 valence electrons. The van der Waals surface area contributed by atoms with Crippen LogP contribution in [0.25, 0.3) is 0 Å². The van der Waals surface area contributed by atoms with Gasteiger partial charge in [0.2, 0.25) is 10.0 Å². The van der Waals surface area contributed by atoms with Crippen molar-refractivity contribution in [2.45, 2.75) is 5.75 Å². The lowest BCUT2D eigenvalue weighted by Crippen LogP contribution is -2.50. The highest BCUT2D eigenvalue weighted by Gasteiger charge is 2.29. The van der Waals surface area contributed by atoms with Crippen LogP contribution in [-0.2, 0) is 15.8 Å². The molecule has 3 rings (SSSR count). The number of carbonyl (C=O) groups excluding carboxylic acids is 1. The number of piperazine rings is 1. The van der Waals surface area contributed by atoms with Crippen molar-refractivity contribution in [3.05, 3.63) is 64.4 Å². The molecule has 1 fully saturated rings. The Morgan fingerprint density at radius 2 is 1.76 bits per heavy atom. The van der Waals surface area contributed by atoms with E-state index in [1.54, 1.807) is 29.3 Å². The standard InChI is InChI=1S/C17H18BrN3O3S/c18-16-10-15(11-19-12-16)17(22)20-6-8-21(9-7-20)25(23,24)13-14-4-2-1-3-5-14/h1-5,10-12H,6-9,13H2. The maximum absolute atomic E-state index is 12.6. The Morgan fingerprint density at radius 3 is 2.40 bits per heavy atom. The summed E-state index contributed by atoms with van der Waals surface area (Å²) in [6.45, 7) is 1.36. The van der Waals surface area contributed by atoms with Crippen LogP contribution in [-0.4, -0.2) is 54.7 Å². The first-order valence-electron chi connectivity index (χ1n) is 7.87. The quantitative estimate of drug-likeness (QED) is 0.754. The van der Waals surface area contributed by atoms with E-state index in [9.17, 15) is 13.2 Å². The Labute approximate surface area is 155 Å². The molecule has 1 aliphatic rings. The average Bonchev–Trinajstić information content (AvgIpc) is 2.62. The highest BCUT2D eigenvalue weighted by atomic mass is 79.9. The predicted octanol–water partition coefficient (Wildman–Crippen LogP) is 2.13. The summed E-state index contributed by atoms with van der Waals surface area (Å²) in [5.74, 6) is -0.147. The molecule has 0 spiro atoms. The topological polar surface area (TPSA) is 70.6 Å². The van der Waals surface area contributed by atoms with Crippen LogP contribution in [0, 0.1) is 0 Å². The second-order valence-electron chi connectivity index (χ2n) is 5.82. The Morgan fingerprint density at radius 1 is 1.08 bits per heavy atom. The van der Waals surface area contributed by atoms with Crippen molar-refractivity contribution in [1.82, 2.24) is 14.2 Å². The summed E-state index contributed by atoms with van der Waals surface area (Å²) < 4.78 is 27.3. The van der Waals surface area contributed by atoms with Gasteiger partial charge in [0.25, 0.3) is 5.91 Å². The van der Waals surface area contributed by atoms with E-state index < -0.39 is 10.0 Å². The number of halogens is 1. The van der Waals surface area contributed by atoms with Gasteiger partial charge in [0.05, 0.1) is 11.3 Å². The van der Waals surface area contributed by atoms with Gasteiger partial charge in [-0.1, -0.05) is 30.3 Å². The van der Waals surface area contributed by atoms with E-state index in [0.29, 0.717) is 31.7 Å². The molecule has 0 N–H and O–H groups in total. The minimum absolute atomic E-state index is 0.0165. The molecular formula is C17H18BrN3O3S. The summed E-state index contributed by atoms with van der Waals surface area (Å²) in [5.41, 5.74) is 1.26. The highest BCUT2D eigenvalue weighted by Crippen LogP contribution is 2.16. The molecule has 1 saturated heterocycles. The van der Waals surface area contributed by atoms with E-state index in [2.05, 4.69) is 20.9 Å². The Bertz CT molecular complexity index is 850. The van der Waals surface area contributed by atoms with E-state index >= 15 is 0 Å². The first kappa shape index (κ1) is 18.0. The molecule has 0 atom stereocenters. The number of aromatic nitrogens is 1. The number of amides is 1. The zero-order valence-corrected chi connectivity index (χ0v) is 15.9. The van der Waals surface area contributed by atoms with E-state index in [-0.39, 0.29) is 11.7 Å². The summed E-state index contributed by atoms with van der Waals surface area (Å²) in [4.78, 5) is 18.2. The number of sulfonamides is 1. The lowest BCUT2D eigenvalue weighted by molar-refractivity contribution is 0.0697. The second-order valence-corrected chi connectivity index (χ2v) is 8.71.